The zero-order valence-electron chi connectivity index (χ0n) is 13.2. The van der Waals surface area contributed by atoms with E-state index < -0.39 is 0 Å². The fourth-order valence-electron chi connectivity index (χ4n) is 2.46. The number of hydrogen-bond donors (Lipinski definition) is 0. The SMILES string of the molecule is COc1ccc(-c2c(Cl)nc3ncnn3c2SCc2ccco2)cc1. The molecule has 4 rings (SSSR count). The number of halogens is 1. The van der Waals surface area contributed by atoms with Crippen LogP contribution in [0.25, 0.3) is 16.9 Å². The van der Waals surface area contributed by atoms with Gasteiger partial charge in [0.25, 0.3) is 5.78 Å². The molecule has 25 heavy (non-hydrogen) atoms. The summed E-state index contributed by atoms with van der Waals surface area (Å²) in [6, 6.07) is 11.5. The number of fused-ring (bicyclic) bond motifs is 1. The average Bonchev–Trinajstić information content (AvgIpc) is 3.31. The van der Waals surface area contributed by atoms with Gasteiger partial charge in [0.2, 0.25) is 0 Å². The van der Waals surface area contributed by atoms with Crippen molar-refractivity contribution in [1.29, 1.82) is 0 Å². The largest absolute Gasteiger partial charge is 0.497 e. The number of ether oxygens (including phenoxy) is 1. The molecule has 0 saturated heterocycles. The lowest BCUT2D eigenvalue weighted by Gasteiger charge is -2.12. The first-order valence-electron chi connectivity index (χ1n) is 7.45. The van der Waals surface area contributed by atoms with Gasteiger partial charge in [-0.25, -0.2) is 0 Å². The Labute approximate surface area is 152 Å². The standard InChI is InChI=1S/C17H13ClN4O2S/c1-23-12-6-4-11(5-7-12)14-15(18)21-17-19-10-20-22(17)16(14)25-9-13-3-2-8-24-13/h2-8,10H,9H2,1H3. The lowest BCUT2D eigenvalue weighted by atomic mass is 10.1. The average molecular weight is 373 g/mol. The smallest absolute Gasteiger partial charge is 0.254 e. The Morgan fingerprint density at radius 3 is 2.80 bits per heavy atom. The molecule has 0 saturated carbocycles. The van der Waals surface area contributed by atoms with Gasteiger partial charge < -0.3 is 9.15 Å². The molecule has 0 fully saturated rings. The number of hydrogen-bond acceptors (Lipinski definition) is 6. The molecule has 3 aromatic heterocycles. The first kappa shape index (κ1) is 16.0. The van der Waals surface area contributed by atoms with Crippen molar-refractivity contribution in [3.8, 4) is 16.9 Å². The van der Waals surface area contributed by atoms with Gasteiger partial charge in [-0.1, -0.05) is 35.5 Å². The van der Waals surface area contributed by atoms with Crippen LogP contribution in [0.15, 0.2) is 58.4 Å². The number of benzene rings is 1. The second-order valence-electron chi connectivity index (χ2n) is 5.15. The van der Waals surface area contributed by atoms with Crippen LogP contribution in [-0.4, -0.2) is 26.7 Å². The Balaban J connectivity index is 1.82. The van der Waals surface area contributed by atoms with E-state index in [4.69, 9.17) is 20.8 Å². The van der Waals surface area contributed by atoms with Crippen LogP contribution in [0.4, 0.5) is 0 Å². The predicted molar refractivity (Wildman–Crippen MR) is 96.0 cm³/mol. The van der Waals surface area contributed by atoms with Crippen molar-refractivity contribution < 1.29 is 9.15 Å². The zero-order chi connectivity index (χ0) is 17.2. The molecular formula is C17H13ClN4O2S. The maximum Gasteiger partial charge on any atom is 0.254 e. The number of aromatic nitrogens is 4. The van der Waals surface area contributed by atoms with Gasteiger partial charge in [0, 0.05) is 0 Å². The summed E-state index contributed by atoms with van der Waals surface area (Å²) in [5.74, 6) is 2.75. The third-order valence-electron chi connectivity index (χ3n) is 3.65. The monoisotopic (exact) mass is 372 g/mol. The molecule has 0 unspecified atom stereocenters. The molecule has 3 heterocycles. The van der Waals surface area contributed by atoms with Crippen LogP contribution in [0.3, 0.4) is 0 Å². The van der Waals surface area contributed by atoms with Gasteiger partial charge in [-0.15, -0.1) is 0 Å². The minimum absolute atomic E-state index is 0.382. The molecule has 0 aliphatic carbocycles. The summed E-state index contributed by atoms with van der Waals surface area (Å²) in [7, 11) is 1.63. The third kappa shape index (κ3) is 3.08. The number of furan rings is 1. The van der Waals surface area contributed by atoms with E-state index in [1.165, 1.54) is 6.33 Å². The second kappa shape index (κ2) is 6.78. The second-order valence-corrected chi connectivity index (χ2v) is 6.47. The molecule has 1 aromatic carbocycles. The lowest BCUT2D eigenvalue weighted by Crippen LogP contribution is -2.00. The van der Waals surface area contributed by atoms with Gasteiger partial charge in [-0.05, 0) is 29.8 Å². The van der Waals surface area contributed by atoms with Crippen molar-refractivity contribution in [3.05, 3.63) is 59.9 Å². The van der Waals surface area contributed by atoms with Crippen molar-refractivity contribution in [2.75, 3.05) is 7.11 Å². The summed E-state index contributed by atoms with van der Waals surface area (Å²) >= 11 is 8.04. The number of methoxy groups -OCH3 is 1. The molecule has 8 heteroatoms. The molecule has 0 radical (unpaired) electrons. The van der Waals surface area contributed by atoms with Crippen LogP contribution in [0.5, 0.6) is 5.75 Å². The number of rotatable bonds is 5. The Morgan fingerprint density at radius 2 is 2.08 bits per heavy atom. The topological polar surface area (TPSA) is 65.5 Å². The van der Waals surface area contributed by atoms with Crippen LogP contribution >= 0.6 is 23.4 Å². The van der Waals surface area contributed by atoms with E-state index in [0.29, 0.717) is 16.7 Å². The highest BCUT2D eigenvalue weighted by Crippen LogP contribution is 2.38. The minimum atomic E-state index is 0.382. The summed E-state index contributed by atoms with van der Waals surface area (Å²) in [5.41, 5.74) is 1.73. The molecule has 0 bridgehead atoms. The summed E-state index contributed by atoms with van der Waals surface area (Å²) in [6.45, 7) is 0. The molecule has 126 valence electrons. The first-order chi connectivity index (χ1) is 12.3. The maximum atomic E-state index is 6.47. The van der Waals surface area contributed by atoms with E-state index >= 15 is 0 Å². The minimum Gasteiger partial charge on any atom is -0.497 e. The van der Waals surface area contributed by atoms with E-state index in [2.05, 4.69) is 15.1 Å². The molecule has 0 aliphatic heterocycles. The van der Waals surface area contributed by atoms with Crippen molar-refractivity contribution >= 4 is 29.1 Å². The Hall–Kier alpha value is -2.51. The predicted octanol–water partition coefficient (Wildman–Crippen LogP) is 4.34. The fourth-order valence-corrected chi connectivity index (χ4v) is 3.84. The van der Waals surface area contributed by atoms with E-state index in [1.807, 2.05) is 36.4 Å². The van der Waals surface area contributed by atoms with Gasteiger partial charge in [-0.3, -0.25) is 0 Å². The van der Waals surface area contributed by atoms with Crippen LogP contribution < -0.4 is 4.74 Å². The van der Waals surface area contributed by atoms with E-state index in [0.717, 1.165) is 27.7 Å². The van der Waals surface area contributed by atoms with E-state index in [9.17, 15) is 0 Å². The van der Waals surface area contributed by atoms with Gasteiger partial charge in [-0.2, -0.15) is 19.6 Å². The molecule has 0 aliphatic rings. The molecule has 0 atom stereocenters. The first-order valence-corrected chi connectivity index (χ1v) is 8.81. The van der Waals surface area contributed by atoms with Gasteiger partial charge in [0.1, 0.15) is 28.0 Å². The highest BCUT2D eigenvalue weighted by molar-refractivity contribution is 7.98. The molecule has 0 N–H and O–H groups in total. The molecule has 4 aromatic rings. The summed E-state index contributed by atoms with van der Waals surface area (Å²) in [5, 5.41) is 5.53. The van der Waals surface area contributed by atoms with Gasteiger partial charge >= 0.3 is 0 Å². The summed E-state index contributed by atoms with van der Waals surface area (Å²) in [4.78, 5) is 8.49. The zero-order valence-corrected chi connectivity index (χ0v) is 14.8. The highest BCUT2D eigenvalue weighted by Gasteiger charge is 2.18. The Morgan fingerprint density at radius 1 is 1.24 bits per heavy atom. The molecule has 0 amide bonds. The number of thioether (sulfide) groups is 1. The molecule has 6 nitrogen and oxygen atoms in total. The molecule has 0 spiro atoms. The Bertz CT molecular complexity index is 1000. The van der Waals surface area contributed by atoms with Crippen molar-refractivity contribution in [1.82, 2.24) is 19.6 Å². The van der Waals surface area contributed by atoms with Gasteiger partial charge in [0.15, 0.2) is 0 Å². The van der Waals surface area contributed by atoms with Crippen LogP contribution in [0.2, 0.25) is 5.15 Å². The Kier molecular flexibility index (Phi) is 4.33. The highest BCUT2D eigenvalue weighted by atomic mass is 35.5. The van der Waals surface area contributed by atoms with E-state index in [-0.39, 0.29) is 0 Å². The normalized spacial score (nSPS) is 11.1. The van der Waals surface area contributed by atoms with Crippen LogP contribution in [-0.2, 0) is 5.75 Å². The maximum absolute atomic E-state index is 6.47. The van der Waals surface area contributed by atoms with Crippen molar-refractivity contribution in [2.45, 2.75) is 10.8 Å². The number of nitrogens with zero attached hydrogens (tertiary/aromatic N) is 4. The van der Waals surface area contributed by atoms with Crippen molar-refractivity contribution in [2.24, 2.45) is 0 Å². The fraction of sp³-hybridized carbons (Fsp3) is 0.118. The molecular weight excluding hydrogens is 360 g/mol. The van der Waals surface area contributed by atoms with Crippen LogP contribution in [0.1, 0.15) is 5.76 Å². The van der Waals surface area contributed by atoms with E-state index in [1.54, 1.807) is 29.7 Å². The van der Waals surface area contributed by atoms with Crippen LogP contribution in [0, 0.1) is 0 Å². The quantitative estimate of drug-likeness (QED) is 0.383. The third-order valence-corrected chi connectivity index (χ3v) is 5.00. The van der Waals surface area contributed by atoms with Crippen molar-refractivity contribution in [3.63, 3.8) is 0 Å². The summed E-state index contributed by atoms with van der Waals surface area (Å²) in [6.07, 6.45) is 3.12. The lowest BCUT2D eigenvalue weighted by molar-refractivity contribution is 0.415. The summed E-state index contributed by atoms with van der Waals surface area (Å²) < 4.78 is 12.3. The van der Waals surface area contributed by atoms with Gasteiger partial charge in [0.05, 0.1) is 24.7 Å².